The van der Waals surface area contributed by atoms with Crippen molar-refractivity contribution in [3.8, 4) is 0 Å². The molecule has 0 bridgehead atoms. The Morgan fingerprint density at radius 1 is 0.853 bits per heavy atom. The van der Waals surface area contributed by atoms with Crippen LogP contribution in [-0.2, 0) is 21.4 Å². The lowest BCUT2D eigenvalue weighted by molar-refractivity contribution is 0.0472. The molecule has 0 N–H and O–H groups in total. The second kappa shape index (κ2) is 10.1. The summed E-state index contributed by atoms with van der Waals surface area (Å²) in [6, 6.07) is 21.4. The summed E-state index contributed by atoms with van der Waals surface area (Å²) in [7, 11) is -2.27. The van der Waals surface area contributed by atoms with E-state index in [0.29, 0.717) is 11.3 Å². The number of carbonyl (C=O) groups is 2. The minimum absolute atomic E-state index is 0.0222. The molecule has 0 atom stereocenters. The van der Waals surface area contributed by atoms with E-state index in [0.717, 1.165) is 31.5 Å². The molecule has 4 rings (SSSR count). The third-order valence-electron chi connectivity index (χ3n) is 5.83. The third kappa shape index (κ3) is 5.12. The van der Waals surface area contributed by atoms with E-state index in [1.165, 1.54) is 35.6 Å². The first kappa shape index (κ1) is 23.5. The number of likely N-dealkylation sites (tertiary alicyclic amines) is 1. The zero-order chi connectivity index (χ0) is 24.1. The molecule has 1 amide bonds. The molecule has 176 valence electrons. The van der Waals surface area contributed by atoms with Gasteiger partial charge in [-0.05, 0) is 66.9 Å². The van der Waals surface area contributed by atoms with Crippen molar-refractivity contribution in [3.63, 3.8) is 0 Å². The molecule has 1 aliphatic heterocycles. The summed E-state index contributed by atoms with van der Waals surface area (Å²) < 4.78 is 32.3. The summed E-state index contributed by atoms with van der Waals surface area (Å²) >= 11 is 0. The predicted octanol–water partition coefficient (Wildman–Crippen LogP) is 4.10. The van der Waals surface area contributed by atoms with Crippen LogP contribution in [0.5, 0.6) is 0 Å². The van der Waals surface area contributed by atoms with Gasteiger partial charge in [-0.25, -0.2) is 13.2 Å². The lowest BCUT2D eigenvalue weighted by Gasteiger charge is -2.19. The molecule has 3 aromatic rings. The number of para-hydroxylation sites is 1. The molecule has 0 aliphatic carbocycles. The fraction of sp³-hybridized carbons (Fsp3) is 0.231. The van der Waals surface area contributed by atoms with Gasteiger partial charge in [-0.15, -0.1) is 0 Å². The van der Waals surface area contributed by atoms with Gasteiger partial charge in [0, 0.05) is 25.7 Å². The number of hydrogen-bond donors (Lipinski definition) is 0. The Balaban J connectivity index is 1.36. The maximum atomic E-state index is 12.9. The highest BCUT2D eigenvalue weighted by molar-refractivity contribution is 7.92. The Bertz CT molecular complexity index is 1250. The molecule has 3 aromatic carbocycles. The van der Waals surface area contributed by atoms with E-state index in [4.69, 9.17) is 4.74 Å². The maximum absolute atomic E-state index is 12.9. The van der Waals surface area contributed by atoms with Crippen molar-refractivity contribution in [1.82, 2.24) is 4.90 Å². The van der Waals surface area contributed by atoms with E-state index in [1.54, 1.807) is 48.5 Å². The summed E-state index contributed by atoms with van der Waals surface area (Å²) in [6.45, 7) is 1.63. The van der Waals surface area contributed by atoms with Crippen LogP contribution in [0.3, 0.4) is 0 Å². The molecule has 0 radical (unpaired) electrons. The highest BCUT2D eigenvalue weighted by Gasteiger charge is 2.22. The Labute approximate surface area is 199 Å². The van der Waals surface area contributed by atoms with Crippen molar-refractivity contribution < 1.29 is 22.7 Å². The third-order valence-corrected chi connectivity index (χ3v) is 7.63. The molecule has 1 heterocycles. The van der Waals surface area contributed by atoms with E-state index in [9.17, 15) is 18.0 Å². The molecule has 1 fully saturated rings. The van der Waals surface area contributed by atoms with Crippen molar-refractivity contribution in [3.05, 3.63) is 95.6 Å². The number of benzene rings is 3. The van der Waals surface area contributed by atoms with Crippen molar-refractivity contribution in [2.45, 2.75) is 24.3 Å². The minimum atomic E-state index is -3.76. The number of nitrogens with zero attached hydrogens (tertiary/aromatic N) is 2. The summed E-state index contributed by atoms with van der Waals surface area (Å²) in [5, 5.41) is 0. The number of hydrogen-bond acceptors (Lipinski definition) is 5. The van der Waals surface area contributed by atoms with Crippen LogP contribution in [0.2, 0.25) is 0 Å². The predicted molar refractivity (Wildman–Crippen MR) is 129 cm³/mol. The van der Waals surface area contributed by atoms with Gasteiger partial charge < -0.3 is 9.64 Å². The maximum Gasteiger partial charge on any atom is 0.338 e. The normalized spacial score (nSPS) is 13.5. The molecule has 7 nitrogen and oxygen atoms in total. The average Bonchev–Trinajstić information content (AvgIpc) is 3.42. The minimum Gasteiger partial charge on any atom is -0.457 e. The molecule has 0 unspecified atom stereocenters. The lowest BCUT2D eigenvalue weighted by atomic mass is 10.1. The van der Waals surface area contributed by atoms with E-state index in [-0.39, 0.29) is 23.0 Å². The summed E-state index contributed by atoms with van der Waals surface area (Å²) in [5.41, 5.74) is 2.17. The Morgan fingerprint density at radius 2 is 1.44 bits per heavy atom. The Morgan fingerprint density at radius 3 is 2.06 bits per heavy atom. The fourth-order valence-corrected chi connectivity index (χ4v) is 4.97. The van der Waals surface area contributed by atoms with E-state index in [1.807, 2.05) is 11.0 Å². The summed E-state index contributed by atoms with van der Waals surface area (Å²) in [6.07, 6.45) is 2.08. The zero-order valence-electron chi connectivity index (χ0n) is 18.9. The molecule has 0 spiro atoms. The van der Waals surface area contributed by atoms with Gasteiger partial charge in [-0.1, -0.05) is 30.3 Å². The molecule has 0 aromatic heterocycles. The lowest BCUT2D eigenvalue weighted by Crippen LogP contribution is -2.27. The van der Waals surface area contributed by atoms with Gasteiger partial charge in [0.05, 0.1) is 16.1 Å². The van der Waals surface area contributed by atoms with E-state index in [2.05, 4.69) is 0 Å². The highest BCUT2D eigenvalue weighted by Crippen LogP contribution is 2.22. The van der Waals surface area contributed by atoms with E-state index < -0.39 is 16.0 Å². The van der Waals surface area contributed by atoms with Gasteiger partial charge in [0.25, 0.3) is 15.9 Å². The van der Waals surface area contributed by atoms with Crippen LogP contribution in [0.15, 0.2) is 83.8 Å². The van der Waals surface area contributed by atoms with Crippen LogP contribution in [0.25, 0.3) is 0 Å². The summed E-state index contributed by atoms with van der Waals surface area (Å²) in [5.74, 6) is -0.536. The molecule has 34 heavy (non-hydrogen) atoms. The fourth-order valence-electron chi connectivity index (χ4n) is 3.78. The number of rotatable bonds is 7. The van der Waals surface area contributed by atoms with Crippen LogP contribution >= 0.6 is 0 Å². The summed E-state index contributed by atoms with van der Waals surface area (Å²) in [4.78, 5) is 26.8. The van der Waals surface area contributed by atoms with Crippen LogP contribution in [0, 0.1) is 0 Å². The van der Waals surface area contributed by atoms with Gasteiger partial charge in [0.2, 0.25) is 0 Å². The molecule has 8 heteroatoms. The van der Waals surface area contributed by atoms with Gasteiger partial charge in [0.1, 0.15) is 6.61 Å². The van der Waals surface area contributed by atoms with Gasteiger partial charge in [-0.2, -0.15) is 0 Å². The number of carbonyl (C=O) groups excluding carboxylic acids is 2. The SMILES string of the molecule is CN(c1ccccc1)S(=O)(=O)c1ccc(C(=O)OCc2ccc(C(=O)N3CCCC3)cc2)cc1. The first-order valence-electron chi connectivity index (χ1n) is 11.1. The topological polar surface area (TPSA) is 84.0 Å². The van der Waals surface area contributed by atoms with Crippen molar-refractivity contribution >= 4 is 27.6 Å². The Hall–Kier alpha value is -3.65. The first-order valence-corrected chi connectivity index (χ1v) is 12.5. The van der Waals surface area contributed by atoms with Gasteiger partial charge in [-0.3, -0.25) is 9.10 Å². The van der Waals surface area contributed by atoms with Crippen molar-refractivity contribution in [2.24, 2.45) is 0 Å². The molecule has 1 saturated heterocycles. The standard InChI is InChI=1S/C26H26N2O5S/c1-27(23-7-3-2-4-8-23)34(31,32)24-15-13-22(14-16-24)26(30)33-19-20-9-11-21(12-10-20)25(29)28-17-5-6-18-28/h2-4,7-16H,5-6,17-19H2,1H3. The smallest absolute Gasteiger partial charge is 0.338 e. The highest BCUT2D eigenvalue weighted by atomic mass is 32.2. The number of amides is 1. The van der Waals surface area contributed by atoms with Crippen LogP contribution < -0.4 is 4.31 Å². The van der Waals surface area contributed by atoms with Gasteiger partial charge in [0.15, 0.2) is 0 Å². The second-order valence-electron chi connectivity index (χ2n) is 8.10. The zero-order valence-corrected chi connectivity index (χ0v) is 19.7. The first-order chi connectivity index (χ1) is 16.4. The van der Waals surface area contributed by atoms with Crippen LogP contribution in [0.1, 0.15) is 39.1 Å². The monoisotopic (exact) mass is 478 g/mol. The second-order valence-corrected chi connectivity index (χ2v) is 10.1. The Kier molecular flexibility index (Phi) is 6.98. The van der Waals surface area contributed by atoms with Crippen molar-refractivity contribution in [1.29, 1.82) is 0 Å². The van der Waals surface area contributed by atoms with Crippen LogP contribution in [-0.4, -0.2) is 45.3 Å². The molecular weight excluding hydrogens is 452 g/mol. The number of esters is 1. The number of anilines is 1. The molecule has 0 saturated carbocycles. The quantitative estimate of drug-likeness (QED) is 0.478. The number of ether oxygens (including phenoxy) is 1. The van der Waals surface area contributed by atoms with Gasteiger partial charge >= 0.3 is 5.97 Å². The van der Waals surface area contributed by atoms with E-state index >= 15 is 0 Å². The number of sulfonamides is 1. The average molecular weight is 479 g/mol. The molecular formula is C26H26N2O5S. The largest absolute Gasteiger partial charge is 0.457 e. The molecule has 1 aliphatic rings. The van der Waals surface area contributed by atoms with Crippen LogP contribution in [0.4, 0.5) is 5.69 Å². The van der Waals surface area contributed by atoms with Crippen molar-refractivity contribution in [2.75, 3.05) is 24.4 Å².